The molecule has 0 aliphatic heterocycles. The Morgan fingerprint density at radius 1 is 0.667 bits per heavy atom. The van der Waals surface area contributed by atoms with Crippen molar-refractivity contribution in [1.82, 2.24) is 15.1 Å². The van der Waals surface area contributed by atoms with Crippen molar-refractivity contribution in [2.24, 2.45) is 0 Å². The Hall–Kier alpha value is -3.26. The van der Waals surface area contributed by atoms with Gasteiger partial charge in [0.05, 0.1) is 32.2 Å². The number of carbonyl (C=O) groups is 6. The number of rotatable bonds is 17. The van der Waals surface area contributed by atoms with Gasteiger partial charge < -0.3 is 30.8 Å². The molecule has 0 fully saturated rings. The lowest BCUT2D eigenvalue weighted by Gasteiger charge is -2.28. The number of hydrogen-bond acceptors (Lipinski definition) is 8. The van der Waals surface area contributed by atoms with Crippen LogP contribution >= 0.6 is 0 Å². The molecular formula is C16H25N3O11. The van der Waals surface area contributed by atoms with Crippen LogP contribution in [0.15, 0.2) is 0 Å². The van der Waals surface area contributed by atoms with Crippen LogP contribution in [0.2, 0.25) is 0 Å². The van der Waals surface area contributed by atoms with Crippen LogP contribution in [0.25, 0.3) is 0 Å². The lowest BCUT2D eigenvalue weighted by molar-refractivity contribution is -0.146. The summed E-state index contributed by atoms with van der Waals surface area (Å²) in [6.07, 6.45) is 0.369. The first kappa shape index (κ1) is 26.7. The summed E-state index contributed by atoms with van der Waals surface area (Å²) in [5.41, 5.74) is 0. The van der Waals surface area contributed by atoms with Gasteiger partial charge in [0.1, 0.15) is 6.54 Å². The molecule has 0 bridgehead atoms. The Kier molecular flexibility index (Phi) is 12.3. The van der Waals surface area contributed by atoms with Crippen LogP contribution < -0.4 is 5.32 Å². The summed E-state index contributed by atoms with van der Waals surface area (Å²) >= 11 is 0. The van der Waals surface area contributed by atoms with Crippen molar-refractivity contribution in [3.8, 4) is 0 Å². The van der Waals surface area contributed by atoms with E-state index in [1.165, 1.54) is 0 Å². The summed E-state index contributed by atoms with van der Waals surface area (Å²) in [5, 5.41) is 46.3. The highest BCUT2D eigenvalue weighted by atomic mass is 16.4. The van der Waals surface area contributed by atoms with Gasteiger partial charge in [0, 0.05) is 0 Å². The van der Waals surface area contributed by atoms with E-state index in [2.05, 4.69) is 5.32 Å². The van der Waals surface area contributed by atoms with Gasteiger partial charge >= 0.3 is 29.8 Å². The molecule has 0 heterocycles. The Bertz CT molecular complexity index is 620. The van der Waals surface area contributed by atoms with Crippen LogP contribution in [0.1, 0.15) is 19.3 Å². The average molecular weight is 435 g/mol. The molecule has 1 unspecified atom stereocenters. The third kappa shape index (κ3) is 13.0. The monoisotopic (exact) mass is 435 g/mol. The summed E-state index contributed by atoms with van der Waals surface area (Å²) in [5.74, 6) is -7.44. The van der Waals surface area contributed by atoms with Gasteiger partial charge in [-0.25, -0.2) is 0 Å². The standard InChI is InChI=1S/C16H25N3O11/c20-11(21)5-17-16(30)10(19(8-14(26)27)9-15(28)29)3-1-2-4-18(6-12(22)23)7-13(24)25/h10H,1-9H2,(H,17,30)(H,20,21)(H,22,23)(H,24,25)(H,26,27)(H,28,29). The summed E-state index contributed by atoms with van der Waals surface area (Å²) < 4.78 is 0. The smallest absolute Gasteiger partial charge is 0.322 e. The van der Waals surface area contributed by atoms with Gasteiger partial charge in [-0.1, -0.05) is 6.42 Å². The van der Waals surface area contributed by atoms with Gasteiger partial charge in [-0.3, -0.25) is 38.6 Å². The first-order valence-electron chi connectivity index (χ1n) is 8.75. The summed E-state index contributed by atoms with van der Waals surface area (Å²) in [6.45, 7) is -3.27. The van der Waals surface area contributed by atoms with E-state index in [4.69, 9.17) is 25.5 Å². The molecule has 0 saturated heterocycles. The quantitative estimate of drug-likeness (QED) is 0.132. The number of carboxylic acids is 5. The number of nitrogens with zero attached hydrogens (tertiary/aromatic N) is 2. The number of aliphatic carboxylic acids is 5. The molecule has 30 heavy (non-hydrogen) atoms. The highest BCUT2D eigenvalue weighted by Gasteiger charge is 2.29. The lowest BCUT2D eigenvalue weighted by atomic mass is 10.1. The van der Waals surface area contributed by atoms with Crippen molar-refractivity contribution in [3.05, 3.63) is 0 Å². The molecule has 0 aromatic heterocycles. The first-order valence-corrected chi connectivity index (χ1v) is 8.75. The Morgan fingerprint density at radius 3 is 1.53 bits per heavy atom. The molecule has 1 amide bonds. The minimum atomic E-state index is -1.39. The number of hydrogen-bond donors (Lipinski definition) is 6. The topological polar surface area (TPSA) is 222 Å². The second-order valence-electron chi connectivity index (χ2n) is 6.31. The van der Waals surface area contributed by atoms with E-state index >= 15 is 0 Å². The van der Waals surface area contributed by atoms with Gasteiger partial charge in [0.15, 0.2) is 0 Å². The Morgan fingerprint density at radius 2 is 1.13 bits per heavy atom. The molecule has 6 N–H and O–H groups in total. The molecule has 14 nitrogen and oxygen atoms in total. The molecule has 0 aromatic carbocycles. The van der Waals surface area contributed by atoms with Crippen molar-refractivity contribution < 1.29 is 54.3 Å². The van der Waals surface area contributed by atoms with Crippen LogP contribution in [0, 0.1) is 0 Å². The molecular weight excluding hydrogens is 410 g/mol. The highest BCUT2D eigenvalue weighted by Crippen LogP contribution is 2.11. The van der Waals surface area contributed by atoms with Crippen molar-refractivity contribution in [3.63, 3.8) is 0 Å². The number of amides is 1. The third-order valence-electron chi connectivity index (χ3n) is 3.75. The molecule has 0 rings (SSSR count). The zero-order valence-corrected chi connectivity index (χ0v) is 16.0. The molecule has 0 aliphatic carbocycles. The van der Waals surface area contributed by atoms with E-state index in [0.717, 1.165) is 9.80 Å². The van der Waals surface area contributed by atoms with Crippen molar-refractivity contribution >= 4 is 35.8 Å². The number of unbranched alkanes of at least 4 members (excludes halogenated alkanes) is 1. The summed E-state index contributed by atoms with van der Waals surface area (Å²) in [6, 6.07) is -1.26. The number of carboxylic acid groups (broad SMARTS) is 5. The Labute approximate surface area is 170 Å². The predicted molar refractivity (Wildman–Crippen MR) is 96.8 cm³/mol. The minimum Gasteiger partial charge on any atom is -0.480 e. The van der Waals surface area contributed by atoms with Gasteiger partial charge in [-0.2, -0.15) is 0 Å². The van der Waals surface area contributed by atoms with E-state index < -0.39 is 74.5 Å². The van der Waals surface area contributed by atoms with Crippen molar-refractivity contribution in [1.29, 1.82) is 0 Å². The lowest BCUT2D eigenvalue weighted by Crippen LogP contribution is -2.51. The van der Waals surface area contributed by atoms with Gasteiger partial charge in [-0.15, -0.1) is 0 Å². The van der Waals surface area contributed by atoms with Crippen LogP contribution in [0.5, 0.6) is 0 Å². The summed E-state index contributed by atoms with van der Waals surface area (Å²) in [7, 11) is 0. The molecule has 0 aliphatic rings. The third-order valence-corrected chi connectivity index (χ3v) is 3.75. The van der Waals surface area contributed by atoms with Gasteiger partial charge in [0.25, 0.3) is 0 Å². The SMILES string of the molecule is O=C(O)CNC(=O)C(CCCCN(CC(=O)O)CC(=O)O)N(CC(=O)O)CC(=O)O. The highest BCUT2D eigenvalue weighted by molar-refractivity contribution is 5.86. The largest absolute Gasteiger partial charge is 0.480 e. The van der Waals surface area contributed by atoms with E-state index in [-0.39, 0.29) is 25.8 Å². The van der Waals surface area contributed by atoms with Crippen LogP contribution in [-0.4, -0.2) is 116 Å². The second kappa shape index (κ2) is 13.8. The van der Waals surface area contributed by atoms with E-state index in [1.54, 1.807) is 0 Å². The molecule has 1 atom stereocenters. The van der Waals surface area contributed by atoms with Crippen LogP contribution in [0.3, 0.4) is 0 Å². The molecule has 0 radical (unpaired) electrons. The molecule has 0 saturated carbocycles. The molecule has 0 aromatic rings. The molecule has 14 heteroatoms. The number of nitrogens with one attached hydrogen (secondary N) is 1. The fraction of sp³-hybridized carbons (Fsp3) is 0.625. The van der Waals surface area contributed by atoms with E-state index in [9.17, 15) is 28.8 Å². The maximum atomic E-state index is 12.3. The van der Waals surface area contributed by atoms with Gasteiger partial charge in [-0.05, 0) is 19.4 Å². The predicted octanol–water partition coefficient (Wildman–Crippen LogP) is -2.33. The minimum absolute atomic E-state index is 0.0555. The Balaban J connectivity index is 5.12. The normalized spacial score (nSPS) is 11.8. The molecule has 170 valence electrons. The van der Waals surface area contributed by atoms with E-state index in [1.807, 2.05) is 0 Å². The maximum absolute atomic E-state index is 12.3. The van der Waals surface area contributed by atoms with Crippen LogP contribution in [0.4, 0.5) is 0 Å². The second-order valence-corrected chi connectivity index (χ2v) is 6.31. The maximum Gasteiger partial charge on any atom is 0.322 e. The zero-order chi connectivity index (χ0) is 23.3. The van der Waals surface area contributed by atoms with Crippen molar-refractivity contribution in [2.75, 3.05) is 39.3 Å². The summed E-state index contributed by atoms with van der Waals surface area (Å²) in [4.78, 5) is 68.6. The fourth-order valence-corrected chi connectivity index (χ4v) is 2.65. The number of carbonyl (C=O) groups excluding carboxylic acids is 1. The zero-order valence-electron chi connectivity index (χ0n) is 16.0. The fourth-order valence-electron chi connectivity index (χ4n) is 2.65. The van der Waals surface area contributed by atoms with Crippen molar-refractivity contribution in [2.45, 2.75) is 25.3 Å². The van der Waals surface area contributed by atoms with E-state index in [0.29, 0.717) is 0 Å². The average Bonchev–Trinajstić information content (AvgIpc) is 2.57. The van der Waals surface area contributed by atoms with Crippen LogP contribution in [-0.2, 0) is 28.8 Å². The first-order chi connectivity index (χ1) is 13.9. The van der Waals surface area contributed by atoms with Gasteiger partial charge in [0.2, 0.25) is 5.91 Å². The molecule has 0 spiro atoms.